The maximum atomic E-state index is 11.0. The second-order valence-corrected chi connectivity index (χ2v) is 5.38. The largest absolute Gasteiger partial charge is 0.364 e. The molecule has 5 atom stereocenters. The zero-order valence-electron chi connectivity index (χ0n) is 8.74. The van der Waals surface area contributed by atoms with Crippen LogP contribution in [0.5, 0.6) is 0 Å². The number of ether oxygens (including phenoxy) is 3. The van der Waals surface area contributed by atoms with Gasteiger partial charge in [-0.1, -0.05) is 0 Å². The first-order valence-electron chi connectivity index (χ1n) is 4.64. The minimum absolute atomic E-state index is 0.0804. The molecule has 0 amide bonds. The predicted octanol–water partition coefficient (Wildman–Crippen LogP) is -0.510. The van der Waals surface area contributed by atoms with Crippen molar-refractivity contribution in [1.29, 1.82) is 0 Å². The molecule has 6 nitrogen and oxygen atoms in total. The highest BCUT2D eigenvalue weighted by atomic mass is 32.2. The van der Waals surface area contributed by atoms with Gasteiger partial charge in [-0.05, 0) is 6.92 Å². The predicted molar refractivity (Wildman–Crippen MR) is 49.7 cm³/mol. The monoisotopic (exact) mass is 238 g/mol. The van der Waals surface area contributed by atoms with Crippen LogP contribution in [0.3, 0.4) is 0 Å². The Morgan fingerprint density at radius 1 is 1.20 bits per heavy atom. The second-order valence-electron chi connectivity index (χ2n) is 3.78. The fourth-order valence-corrected chi connectivity index (χ4v) is 2.40. The van der Waals surface area contributed by atoms with E-state index in [0.717, 1.165) is 6.26 Å². The number of hydrogen-bond acceptors (Lipinski definition) is 6. The van der Waals surface area contributed by atoms with Crippen LogP contribution in [-0.2, 0) is 28.5 Å². The molecule has 0 aliphatic carbocycles. The van der Waals surface area contributed by atoms with E-state index in [9.17, 15) is 8.42 Å². The van der Waals surface area contributed by atoms with Gasteiger partial charge in [0.15, 0.2) is 12.4 Å². The molecule has 0 N–H and O–H groups in total. The third-order valence-corrected chi connectivity index (χ3v) is 3.05. The third kappa shape index (κ3) is 2.31. The van der Waals surface area contributed by atoms with Crippen molar-refractivity contribution in [3.05, 3.63) is 0 Å². The molecular weight excluding hydrogens is 224 g/mol. The van der Waals surface area contributed by atoms with E-state index >= 15 is 0 Å². The van der Waals surface area contributed by atoms with Crippen molar-refractivity contribution in [3.8, 4) is 0 Å². The summed E-state index contributed by atoms with van der Waals surface area (Å²) in [5.41, 5.74) is 0. The van der Waals surface area contributed by atoms with Gasteiger partial charge in [0.25, 0.3) is 10.1 Å². The maximum absolute atomic E-state index is 11.0. The molecule has 2 aliphatic rings. The molecule has 0 bridgehead atoms. The lowest BCUT2D eigenvalue weighted by atomic mass is 10.1. The van der Waals surface area contributed by atoms with Crippen molar-refractivity contribution in [2.75, 3.05) is 13.4 Å². The van der Waals surface area contributed by atoms with Crippen LogP contribution in [0.25, 0.3) is 0 Å². The summed E-state index contributed by atoms with van der Waals surface area (Å²) in [5.74, 6) is 0. The zero-order valence-corrected chi connectivity index (χ0v) is 9.56. The average Bonchev–Trinajstić information content (AvgIpc) is 2.87. The molecule has 2 fully saturated rings. The number of fused-ring (bicyclic) bond motifs is 1. The standard InChI is InChI=1S/C8H14O6S/c1-4-5-6(13-5)7(8(11-2)12-4)14-15(3,9)10/h4-8H,1-3H3/t4-,5-,6-,7+,8+/m0/s1. The summed E-state index contributed by atoms with van der Waals surface area (Å²) in [7, 11) is -2.09. The fourth-order valence-electron chi connectivity index (χ4n) is 1.79. The van der Waals surface area contributed by atoms with Gasteiger partial charge in [-0.25, -0.2) is 0 Å². The molecule has 2 aliphatic heterocycles. The molecule has 7 heteroatoms. The molecule has 0 spiro atoms. The Morgan fingerprint density at radius 3 is 2.40 bits per heavy atom. The molecule has 0 radical (unpaired) electrons. The summed E-state index contributed by atoms with van der Waals surface area (Å²) in [6, 6.07) is 0. The Labute approximate surface area is 88.6 Å². The normalized spacial score (nSPS) is 44.9. The van der Waals surface area contributed by atoms with E-state index in [0.29, 0.717) is 0 Å². The molecule has 0 saturated carbocycles. The van der Waals surface area contributed by atoms with Gasteiger partial charge in [0.1, 0.15) is 12.2 Å². The highest BCUT2D eigenvalue weighted by Crippen LogP contribution is 2.39. The van der Waals surface area contributed by atoms with E-state index in [1.54, 1.807) is 0 Å². The molecule has 15 heavy (non-hydrogen) atoms. The van der Waals surface area contributed by atoms with Gasteiger partial charge < -0.3 is 14.2 Å². The summed E-state index contributed by atoms with van der Waals surface area (Å²) < 4.78 is 42.6. The smallest absolute Gasteiger partial charge is 0.264 e. The van der Waals surface area contributed by atoms with Gasteiger partial charge in [-0.3, -0.25) is 4.18 Å². The van der Waals surface area contributed by atoms with Crippen LogP contribution in [0.4, 0.5) is 0 Å². The van der Waals surface area contributed by atoms with E-state index in [4.69, 9.17) is 18.4 Å². The fraction of sp³-hybridized carbons (Fsp3) is 1.00. The molecule has 0 aromatic rings. The third-order valence-electron chi connectivity index (χ3n) is 2.48. The molecule has 2 rings (SSSR count). The van der Waals surface area contributed by atoms with E-state index in [1.165, 1.54) is 7.11 Å². The molecular formula is C8H14O6S. The molecule has 0 aromatic heterocycles. The number of hydrogen-bond donors (Lipinski definition) is 0. The lowest BCUT2D eigenvalue weighted by molar-refractivity contribution is -0.206. The Kier molecular flexibility index (Phi) is 2.76. The van der Waals surface area contributed by atoms with Gasteiger partial charge in [0.2, 0.25) is 0 Å². The summed E-state index contributed by atoms with van der Waals surface area (Å²) in [5, 5.41) is 0. The summed E-state index contributed by atoms with van der Waals surface area (Å²) in [6.45, 7) is 1.85. The first-order chi connectivity index (χ1) is 6.92. The van der Waals surface area contributed by atoms with Crippen molar-refractivity contribution in [1.82, 2.24) is 0 Å². The molecule has 0 aromatic carbocycles. The molecule has 88 valence electrons. The van der Waals surface area contributed by atoms with Crippen molar-refractivity contribution < 1.29 is 26.8 Å². The van der Waals surface area contributed by atoms with Crippen molar-refractivity contribution in [2.24, 2.45) is 0 Å². The second kappa shape index (κ2) is 3.67. The van der Waals surface area contributed by atoms with Crippen LogP contribution in [0.15, 0.2) is 0 Å². The van der Waals surface area contributed by atoms with E-state index in [2.05, 4.69) is 0 Å². The lowest BCUT2D eigenvalue weighted by Crippen LogP contribution is -2.47. The summed E-state index contributed by atoms with van der Waals surface area (Å²) in [4.78, 5) is 0. The highest BCUT2D eigenvalue weighted by molar-refractivity contribution is 7.86. The van der Waals surface area contributed by atoms with Gasteiger partial charge in [0.05, 0.1) is 12.4 Å². The van der Waals surface area contributed by atoms with Gasteiger partial charge >= 0.3 is 0 Å². The van der Waals surface area contributed by atoms with Crippen LogP contribution in [-0.4, -0.2) is 52.5 Å². The minimum atomic E-state index is -3.53. The lowest BCUT2D eigenvalue weighted by Gasteiger charge is -2.30. The molecule has 0 unspecified atom stereocenters. The Bertz CT molecular complexity index is 339. The highest BCUT2D eigenvalue weighted by Gasteiger charge is 2.58. The van der Waals surface area contributed by atoms with Crippen LogP contribution in [0, 0.1) is 0 Å². The Balaban J connectivity index is 2.09. The van der Waals surface area contributed by atoms with E-state index < -0.39 is 22.5 Å². The maximum Gasteiger partial charge on any atom is 0.264 e. The van der Waals surface area contributed by atoms with Crippen molar-refractivity contribution in [2.45, 2.75) is 37.6 Å². The van der Waals surface area contributed by atoms with Gasteiger partial charge in [-0.2, -0.15) is 8.42 Å². The minimum Gasteiger partial charge on any atom is -0.364 e. The van der Waals surface area contributed by atoms with Crippen LogP contribution < -0.4 is 0 Å². The van der Waals surface area contributed by atoms with Gasteiger partial charge in [0, 0.05) is 7.11 Å². The number of rotatable bonds is 3. The van der Waals surface area contributed by atoms with Crippen LogP contribution >= 0.6 is 0 Å². The summed E-state index contributed by atoms with van der Waals surface area (Å²) in [6.07, 6.45) is -0.824. The topological polar surface area (TPSA) is 74.4 Å². The SMILES string of the molecule is CO[C@@H]1O[C@@H](C)[C@@H]2O[C@@H]2[C@H]1OS(C)(=O)=O. The number of methoxy groups -OCH3 is 1. The average molecular weight is 238 g/mol. The summed E-state index contributed by atoms with van der Waals surface area (Å²) >= 11 is 0. The van der Waals surface area contributed by atoms with Crippen LogP contribution in [0.1, 0.15) is 6.92 Å². The number of epoxide rings is 1. The van der Waals surface area contributed by atoms with Gasteiger partial charge in [-0.15, -0.1) is 0 Å². The zero-order chi connectivity index (χ0) is 11.2. The van der Waals surface area contributed by atoms with Crippen molar-refractivity contribution >= 4 is 10.1 Å². The first-order valence-corrected chi connectivity index (χ1v) is 6.46. The Morgan fingerprint density at radius 2 is 1.87 bits per heavy atom. The molecule has 2 heterocycles. The van der Waals surface area contributed by atoms with E-state index in [1.807, 2.05) is 6.92 Å². The van der Waals surface area contributed by atoms with Crippen LogP contribution in [0.2, 0.25) is 0 Å². The quantitative estimate of drug-likeness (QED) is 0.487. The Hall–Kier alpha value is -0.210. The molecule has 2 saturated heterocycles. The van der Waals surface area contributed by atoms with Crippen molar-refractivity contribution in [3.63, 3.8) is 0 Å². The van der Waals surface area contributed by atoms with E-state index in [-0.39, 0.29) is 18.3 Å². The first kappa shape index (κ1) is 11.3.